The number of fused-ring (bicyclic) bond motifs is 3. The van der Waals surface area contributed by atoms with Crippen molar-refractivity contribution in [3.8, 4) is 0 Å². The van der Waals surface area contributed by atoms with Crippen molar-refractivity contribution < 1.29 is 9.59 Å². The van der Waals surface area contributed by atoms with Crippen LogP contribution in [0.4, 0.5) is 10.8 Å². The van der Waals surface area contributed by atoms with Gasteiger partial charge < -0.3 is 0 Å². The topological polar surface area (TPSA) is 75.2 Å². The molecule has 1 aromatic carbocycles. The van der Waals surface area contributed by atoms with Crippen molar-refractivity contribution in [3.63, 3.8) is 0 Å². The van der Waals surface area contributed by atoms with Gasteiger partial charge in [-0.15, -0.1) is 10.2 Å². The molecule has 2 amide bonds. The molecule has 4 bridgehead atoms. The highest BCUT2D eigenvalue weighted by Gasteiger charge is 2.58. The van der Waals surface area contributed by atoms with Crippen LogP contribution in [0.2, 0.25) is 0 Å². The van der Waals surface area contributed by atoms with Gasteiger partial charge in [-0.05, 0) is 74.8 Å². The number of rotatable bonds is 3. The molecular formula is C23H24N4O2S2. The molecule has 1 aromatic heterocycles. The minimum atomic E-state index is -0.909. The van der Waals surface area contributed by atoms with Crippen LogP contribution in [0.15, 0.2) is 29.2 Å². The van der Waals surface area contributed by atoms with E-state index in [1.54, 1.807) is 16.2 Å². The van der Waals surface area contributed by atoms with Gasteiger partial charge in [0.05, 0.1) is 5.69 Å². The van der Waals surface area contributed by atoms with Crippen LogP contribution < -0.4 is 10.2 Å². The summed E-state index contributed by atoms with van der Waals surface area (Å²) < 4.78 is 0. The zero-order chi connectivity index (χ0) is 20.8. The fourth-order valence-corrected chi connectivity index (χ4v) is 9.72. The Morgan fingerprint density at radius 2 is 1.77 bits per heavy atom. The van der Waals surface area contributed by atoms with E-state index in [1.165, 1.54) is 50.3 Å². The molecule has 2 aromatic rings. The molecule has 0 spiro atoms. The number of benzene rings is 1. The van der Waals surface area contributed by atoms with Gasteiger partial charge >= 0.3 is 0 Å². The van der Waals surface area contributed by atoms with Crippen LogP contribution in [0.1, 0.15) is 56.4 Å². The Bertz CT molecular complexity index is 1080. The highest BCUT2D eigenvalue weighted by Crippen LogP contribution is 2.61. The van der Waals surface area contributed by atoms with Crippen molar-refractivity contribution in [2.24, 2.45) is 17.8 Å². The van der Waals surface area contributed by atoms with E-state index in [9.17, 15) is 9.59 Å². The smallest absolute Gasteiger partial charge is 0.263 e. The summed E-state index contributed by atoms with van der Waals surface area (Å²) in [6.07, 6.45) is 8.79. The summed E-state index contributed by atoms with van der Waals surface area (Å²) in [5, 5.41) is 13.7. The van der Waals surface area contributed by atoms with Crippen molar-refractivity contribution in [1.82, 2.24) is 10.2 Å². The second kappa shape index (κ2) is 6.32. The maximum atomic E-state index is 13.5. The summed E-state index contributed by atoms with van der Waals surface area (Å²) in [6, 6.07) is 7.78. The van der Waals surface area contributed by atoms with Crippen molar-refractivity contribution in [2.75, 3.05) is 10.2 Å². The number of carbonyl (C=O) groups is 2. The summed E-state index contributed by atoms with van der Waals surface area (Å²) in [4.78, 5) is 27.9. The first-order valence-electron chi connectivity index (χ1n) is 11.3. The fourth-order valence-electron chi connectivity index (χ4n) is 7.35. The van der Waals surface area contributed by atoms with Gasteiger partial charge in [-0.3, -0.25) is 19.8 Å². The third-order valence-corrected chi connectivity index (χ3v) is 10.7. The Balaban J connectivity index is 1.16. The molecule has 1 unspecified atom stereocenters. The lowest BCUT2D eigenvalue weighted by atomic mass is 9.50. The molecule has 6 nitrogen and oxygen atoms in total. The average molecular weight is 453 g/mol. The quantitative estimate of drug-likeness (QED) is 0.738. The summed E-state index contributed by atoms with van der Waals surface area (Å²) in [6.45, 7) is 0. The maximum Gasteiger partial charge on any atom is 0.263 e. The second-order valence-corrected chi connectivity index (χ2v) is 12.4. The number of nitrogens with one attached hydrogen (secondary N) is 1. The lowest BCUT2D eigenvalue weighted by Gasteiger charge is -2.55. The number of para-hydroxylation sites is 1. The molecule has 6 aliphatic rings. The van der Waals surface area contributed by atoms with Gasteiger partial charge in [0, 0.05) is 16.7 Å². The van der Waals surface area contributed by atoms with E-state index in [4.69, 9.17) is 0 Å². The number of anilines is 2. The van der Waals surface area contributed by atoms with Crippen LogP contribution >= 0.6 is 23.1 Å². The normalized spacial score (nSPS) is 37.2. The standard InChI is InChI=1S/C23H24N4O2S2/c28-18-5-6-23(27(18)16-3-1-2-4-17(16)31-23)19(29)24-21-26-25-20(30-21)22-10-13-7-14(11-22)9-15(8-13)12-22/h1-4,13-15H,5-12H2,(H,24,26,29). The van der Waals surface area contributed by atoms with Gasteiger partial charge in [0.25, 0.3) is 5.91 Å². The molecule has 8 heteroatoms. The minimum Gasteiger partial charge on any atom is -0.298 e. The first kappa shape index (κ1) is 18.6. The highest BCUT2D eigenvalue weighted by atomic mass is 32.2. The number of amides is 2. The third-order valence-electron chi connectivity index (χ3n) is 8.17. The molecule has 3 heterocycles. The molecule has 1 saturated heterocycles. The maximum absolute atomic E-state index is 13.5. The van der Waals surface area contributed by atoms with Gasteiger partial charge in [0.1, 0.15) is 5.01 Å². The first-order chi connectivity index (χ1) is 15.0. The Labute approximate surface area is 189 Å². The Morgan fingerprint density at radius 3 is 2.52 bits per heavy atom. The Hall–Kier alpha value is -1.93. The molecule has 8 rings (SSSR count). The Morgan fingerprint density at radius 1 is 1.06 bits per heavy atom. The zero-order valence-electron chi connectivity index (χ0n) is 17.2. The van der Waals surface area contributed by atoms with Gasteiger partial charge in [0.15, 0.2) is 4.87 Å². The number of carbonyl (C=O) groups excluding carboxylic acids is 2. The highest BCUT2D eigenvalue weighted by molar-refractivity contribution is 8.02. The van der Waals surface area contributed by atoms with E-state index < -0.39 is 4.87 Å². The number of aromatic nitrogens is 2. The number of hydrogen-bond acceptors (Lipinski definition) is 6. The van der Waals surface area contributed by atoms with Gasteiger partial charge in [-0.2, -0.15) is 0 Å². The molecule has 5 fully saturated rings. The number of thioether (sulfide) groups is 1. The van der Waals surface area contributed by atoms with Gasteiger partial charge in [0.2, 0.25) is 11.0 Å². The summed E-state index contributed by atoms with van der Waals surface area (Å²) >= 11 is 3.05. The molecule has 1 atom stereocenters. The van der Waals surface area contributed by atoms with E-state index in [1.807, 2.05) is 24.3 Å². The molecular weight excluding hydrogens is 428 g/mol. The van der Waals surface area contributed by atoms with Gasteiger partial charge in [-0.25, -0.2) is 0 Å². The molecule has 4 saturated carbocycles. The predicted octanol–water partition coefficient (Wildman–Crippen LogP) is 4.57. The van der Waals surface area contributed by atoms with Crippen molar-refractivity contribution in [2.45, 2.75) is 66.5 Å². The molecule has 1 N–H and O–H groups in total. The van der Waals surface area contributed by atoms with Crippen LogP contribution in [0, 0.1) is 17.8 Å². The van der Waals surface area contributed by atoms with Crippen LogP contribution in [0.3, 0.4) is 0 Å². The molecule has 0 radical (unpaired) electrons. The molecule has 31 heavy (non-hydrogen) atoms. The van der Waals surface area contributed by atoms with Gasteiger partial charge in [-0.1, -0.05) is 35.2 Å². The summed E-state index contributed by atoms with van der Waals surface area (Å²) in [7, 11) is 0. The summed E-state index contributed by atoms with van der Waals surface area (Å²) in [5.41, 5.74) is 1.03. The van der Waals surface area contributed by atoms with E-state index in [0.29, 0.717) is 18.0 Å². The average Bonchev–Trinajstić information content (AvgIpc) is 3.42. The molecule has 4 aliphatic carbocycles. The van der Waals surface area contributed by atoms with E-state index in [-0.39, 0.29) is 17.2 Å². The lowest BCUT2D eigenvalue weighted by molar-refractivity contribution is -0.121. The van der Waals surface area contributed by atoms with E-state index in [0.717, 1.165) is 33.3 Å². The van der Waals surface area contributed by atoms with Crippen LogP contribution in [0.5, 0.6) is 0 Å². The fraction of sp³-hybridized carbons (Fsp3) is 0.565. The van der Waals surface area contributed by atoms with Crippen LogP contribution in [-0.4, -0.2) is 26.9 Å². The first-order valence-corrected chi connectivity index (χ1v) is 12.9. The van der Waals surface area contributed by atoms with Crippen molar-refractivity contribution >= 4 is 45.7 Å². The molecule has 160 valence electrons. The van der Waals surface area contributed by atoms with Crippen LogP contribution in [-0.2, 0) is 15.0 Å². The molecule has 2 aliphatic heterocycles. The third kappa shape index (κ3) is 2.58. The van der Waals surface area contributed by atoms with Crippen LogP contribution in [0.25, 0.3) is 0 Å². The summed E-state index contributed by atoms with van der Waals surface area (Å²) in [5.74, 6) is 2.39. The van der Waals surface area contributed by atoms with Crippen molar-refractivity contribution in [3.05, 3.63) is 29.3 Å². The minimum absolute atomic E-state index is 0.0131. The predicted molar refractivity (Wildman–Crippen MR) is 120 cm³/mol. The zero-order valence-corrected chi connectivity index (χ0v) is 18.8. The lowest BCUT2D eigenvalue weighted by Crippen LogP contribution is -2.49. The van der Waals surface area contributed by atoms with E-state index >= 15 is 0 Å². The second-order valence-electron chi connectivity index (χ2n) is 10.1. The SMILES string of the molecule is O=C1CCC2(C(=O)Nc3nnc(C45CC6CC(CC(C6)C4)C5)s3)Sc3ccccc3N12. The largest absolute Gasteiger partial charge is 0.298 e. The number of hydrogen-bond donors (Lipinski definition) is 1. The monoisotopic (exact) mass is 452 g/mol. The Kier molecular flexibility index (Phi) is 3.79. The van der Waals surface area contributed by atoms with Crippen molar-refractivity contribution in [1.29, 1.82) is 0 Å². The van der Waals surface area contributed by atoms with E-state index in [2.05, 4.69) is 15.5 Å². The number of nitrogens with zero attached hydrogens (tertiary/aromatic N) is 3.